The lowest BCUT2D eigenvalue weighted by Gasteiger charge is -2.33. The lowest BCUT2D eigenvalue weighted by molar-refractivity contribution is 0.0904. The van der Waals surface area contributed by atoms with Crippen LogP contribution in [0.25, 0.3) is 0 Å². The van der Waals surface area contributed by atoms with Crippen molar-refractivity contribution in [1.29, 1.82) is 0 Å². The van der Waals surface area contributed by atoms with Gasteiger partial charge in [-0.2, -0.15) is 0 Å². The molecule has 4 aromatic rings. The molecule has 11 rings (SSSR count). The van der Waals surface area contributed by atoms with Gasteiger partial charge in [0.1, 0.15) is 56.5 Å². The Morgan fingerprint density at radius 2 is 0.744 bits per heavy atom. The van der Waals surface area contributed by atoms with Crippen LogP contribution in [-0.4, -0.2) is 116 Å². The maximum absolute atomic E-state index is 14.7. The second-order valence-corrected chi connectivity index (χ2v) is 24.5. The minimum Gasteiger partial charge on any atom is -0.478 e. The fourth-order valence-corrected chi connectivity index (χ4v) is 13.6. The summed E-state index contributed by atoms with van der Waals surface area (Å²) in [5.74, 6) is 0.898. The summed E-state index contributed by atoms with van der Waals surface area (Å²) in [6.07, 6.45) is 16.1. The number of carbonyl (C=O) groups is 5. The van der Waals surface area contributed by atoms with Gasteiger partial charge in [0.15, 0.2) is 0 Å². The molecular weight excluding hydrogens is 1090 g/mol. The maximum Gasteiger partial charge on any atom is 0.410 e. The van der Waals surface area contributed by atoms with Gasteiger partial charge in [-0.25, -0.2) is 4.79 Å². The summed E-state index contributed by atoms with van der Waals surface area (Å²) in [4.78, 5) is 74.3. The molecule has 0 spiro atoms. The van der Waals surface area contributed by atoms with Crippen LogP contribution in [0.15, 0.2) is 85.5 Å². The molecule has 0 saturated heterocycles. The molecule has 7 aliphatic rings. The molecule has 3 aliphatic heterocycles. The highest BCUT2D eigenvalue weighted by molar-refractivity contribution is 5.97. The first-order chi connectivity index (χ1) is 42.0. The number of amides is 5. The van der Waals surface area contributed by atoms with E-state index in [1.165, 1.54) is 11.0 Å². The molecule has 20 heteroatoms. The number of nitrogens with one attached hydrogen (secondary N) is 9. The molecule has 0 aromatic heterocycles. The normalized spacial score (nSPS) is 26.6. The van der Waals surface area contributed by atoms with Crippen molar-refractivity contribution >= 4 is 29.7 Å². The fourth-order valence-electron chi connectivity index (χ4n) is 13.6. The third kappa shape index (κ3) is 16.6. The van der Waals surface area contributed by atoms with E-state index in [1.807, 2.05) is 36.4 Å². The average molecular weight is 1180 g/mol. The second-order valence-electron chi connectivity index (χ2n) is 24.5. The number of ether oxygens (including phenoxy) is 5. The molecule has 5 amide bonds. The first kappa shape index (κ1) is 60.5. The molecule has 20 nitrogen and oxygen atoms in total. The Morgan fingerprint density at radius 1 is 0.442 bits per heavy atom. The summed E-state index contributed by atoms with van der Waals surface area (Å²) in [7, 11) is 0. The molecule has 4 aliphatic carbocycles. The minimum absolute atomic E-state index is 0.0000264. The maximum atomic E-state index is 14.7. The van der Waals surface area contributed by atoms with E-state index in [2.05, 4.69) is 54.4 Å². The molecule has 0 radical (unpaired) electrons. The summed E-state index contributed by atoms with van der Waals surface area (Å²) in [6.45, 7) is 5.21. The van der Waals surface area contributed by atoms with E-state index in [9.17, 15) is 24.0 Å². The predicted molar refractivity (Wildman–Crippen MR) is 325 cm³/mol. The Morgan fingerprint density at radius 3 is 1.07 bits per heavy atom. The van der Waals surface area contributed by atoms with Gasteiger partial charge in [0.2, 0.25) is 0 Å². The van der Waals surface area contributed by atoms with Crippen LogP contribution in [0.4, 0.5) is 4.79 Å². The van der Waals surface area contributed by atoms with Crippen molar-refractivity contribution < 1.29 is 47.7 Å². The molecule has 4 fully saturated rings. The Labute approximate surface area is 504 Å². The van der Waals surface area contributed by atoms with Gasteiger partial charge in [-0.05, 0) is 159 Å². The number of carbonyl (C=O) groups excluding carboxylic acids is 5. The van der Waals surface area contributed by atoms with Crippen LogP contribution in [0.3, 0.4) is 0 Å². The quantitative estimate of drug-likeness (QED) is 0.0874. The average Bonchev–Trinajstić information content (AvgIpc) is 3.75. The van der Waals surface area contributed by atoms with Gasteiger partial charge in [0.05, 0.1) is 0 Å². The summed E-state index contributed by atoms with van der Waals surface area (Å²) in [5.41, 5.74) is 4.52. The Balaban J connectivity index is 1.01. The number of rotatable bonds is 2. The zero-order chi connectivity index (χ0) is 59.2. The van der Waals surface area contributed by atoms with Gasteiger partial charge in [0.25, 0.3) is 23.6 Å². The molecule has 3 heterocycles. The van der Waals surface area contributed by atoms with E-state index in [-0.39, 0.29) is 119 Å². The summed E-state index contributed by atoms with van der Waals surface area (Å²) in [5, 5.41) is 31.4. The number of benzene rings is 4. The van der Waals surface area contributed by atoms with Crippen LogP contribution in [0.1, 0.15) is 179 Å². The summed E-state index contributed by atoms with van der Waals surface area (Å²) in [6, 6.07) is 21.2. The van der Waals surface area contributed by atoms with Crippen LogP contribution in [0, 0.1) is 0 Å². The second kappa shape index (κ2) is 29.4. The first-order valence-electron chi connectivity index (χ1n) is 31.5. The number of fused-ring (bicyclic) bond motifs is 14. The molecular formula is C66H86N10O10. The smallest absolute Gasteiger partial charge is 0.410 e. The highest BCUT2D eigenvalue weighted by atomic mass is 16.6. The monoisotopic (exact) mass is 1180 g/mol. The van der Waals surface area contributed by atoms with Crippen molar-refractivity contribution in [3.05, 3.63) is 130 Å². The Bertz CT molecular complexity index is 2860. The van der Waals surface area contributed by atoms with Gasteiger partial charge in [-0.3, -0.25) is 45.3 Å². The van der Waals surface area contributed by atoms with Crippen molar-refractivity contribution in [3.8, 4) is 23.0 Å². The third-order valence-corrected chi connectivity index (χ3v) is 18.0. The fraction of sp³-hybridized carbons (Fsp3) is 0.530. The van der Waals surface area contributed by atoms with Crippen LogP contribution >= 0.6 is 0 Å². The Kier molecular flexibility index (Phi) is 20.7. The molecule has 9 N–H and O–H groups in total. The van der Waals surface area contributed by atoms with Crippen LogP contribution in [0.5, 0.6) is 23.0 Å². The molecule has 4 aromatic carbocycles. The van der Waals surface area contributed by atoms with E-state index >= 15 is 0 Å². The van der Waals surface area contributed by atoms with Crippen molar-refractivity contribution in [1.82, 2.24) is 52.8 Å². The highest BCUT2D eigenvalue weighted by Gasteiger charge is 2.31. The predicted octanol–water partition coefficient (Wildman–Crippen LogP) is 7.69. The standard InChI is InChI=1S/C66H86N10O10/c1-2-19-82-66(81)76-36-44-22-48-30-56(26-44)85-40-70-60-17-9-7-15-58(60)68-38-83-54-24-42(20-46(28-54)62(77)72-50-11-3-5-13-52(32-50)74-64(48)79)34-67-35-43-21-47-29-55(25-43)84-39-69-59-16-8-10-18-61(59)71-41-86-57-27-45(37-76)23-49(31-57)65(80)75-53-14-6-4-12-51(33-53)73-63(47)78/h2,20-31,50-53,58-61,67-71H,1,3-19,32-41H2,(H,72,77)(H,73,78)(H,74,79)(H,75,80). The molecule has 460 valence electrons. The van der Waals surface area contributed by atoms with Gasteiger partial charge in [-0.15, -0.1) is 0 Å². The van der Waals surface area contributed by atoms with Gasteiger partial charge >= 0.3 is 6.09 Å². The molecule has 8 atom stereocenters. The van der Waals surface area contributed by atoms with E-state index in [0.29, 0.717) is 82.3 Å². The SMILES string of the molecule is C=CCOC(=O)N1Cc2cc3cc(c2)C(=O)NC2CCCCC(C2)NC(=O)c2cc(cc(c2)OCNC2CCCCC2NCO3)CNCc2cc3cc(c2)C(=O)NC2CCCCC(C2)NC(=O)c2cc(cc(c2)OCNC2CCCCC2NCO3)C1. The zero-order valence-electron chi connectivity index (χ0n) is 49.5. The van der Waals surface area contributed by atoms with Gasteiger partial charge < -0.3 is 50.3 Å². The van der Waals surface area contributed by atoms with Crippen molar-refractivity contribution in [2.24, 2.45) is 0 Å². The number of nitrogens with zero attached hydrogens (tertiary/aromatic N) is 1. The lowest BCUT2D eigenvalue weighted by atomic mass is 9.90. The molecule has 4 saturated carbocycles. The van der Waals surface area contributed by atoms with Crippen molar-refractivity contribution in [3.63, 3.8) is 0 Å². The van der Waals surface area contributed by atoms with Crippen molar-refractivity contribution in [2.75, 3.05) is 33.5 Å². The minimum atomic E-state index is -0.632. The molecule has 86 heavy (non-hydrogen) atoms. The van der Waals surface area contributed by atoms with E-state index in [0.717, 1.165) is 114 Å². The van der Waals surface area contributed by atoms with E-state index in [1.54, 1.807) is 36.4 Å². The molecule has 8 unspecified atom stereocenters. The summed E-state index contributed by atoms with van der Waals surface area (Å²) < 4.78 is 31.8. The summed E-state index contributed by atoms with van der Waals surface area (Å²) >= 11 is 0. The van der Waals surface area contributed by atoms with Crippen LogP contribution in [-0.2, 0) is 30.9 Å². The number of hydrogen-bond acceptors (Lipinski definition) is 15. The third-order valence-electron chi connectivity index (χ3n) is 18.0. The van der Waals surface area contributed by atoms with Gasteiger partial charge in [0, 0.05) is 96.8 Å². The lowest BCUT2D eigenvalue weighted by Crippen LogP contribution is -2.51. The van der Waals surface area contributed by atoms with E-state index < -0.39 is 6.09 Å². The first-order valence-corrected chi connectivity index (χ1v) is 31.5. The van der Waals surface area contributed by atoms with Crippen LogP contribution < -0.4 is 66.8 Å². The highest BCUT2D eigenvalue weighted by Crippen LogP contribution is 2.29. The van der Waals surface area contributed by atoms with Crippen LogP contribution in [0.2, 0.25) is 0 Å². The van der Waals surface area contributed by atoms with Crippen molar-refractivity contribution in [2.45, 2.75) is 190 Å². The van der Waals surface area contributed by atoms with Gasteiger partial charge in [-0.1, -0.05) is 64.0 Å². The zero-order valence-corrected chi connectivity index (χ0v) is 49.5. The Hall–Kier alpha value is -7.23. The number of hydrogen-bond donors (Lipinski definition) is 9. The molecule has 16 bridgehead atoms. The van der Waals surface area contributed by atoms with E-state index in [4.69, 9.17) is 23.7 Å². The topological polar surface area (TPSA) is 243 Å². The largest absolute Gasteiger partial charge is 0.478 e.